The molecule has 1 aromatic carbocycles. The number of nitrogens with zero attached hydrogens (tertiary/aromatic N) is 2. The molecule has 1 aromatic heterocycles. The van der Waals surface area contributed by atoms with Gasteiger partial charge < -0.3 is 10.2 Å². The molecule has 2 heterocycles. The second kappa shape index (κ2) is 8.25. The quantitative estimate of drug-likeness (QED) is 0.825. The third-order valence-corrected chi connectivity index (χ3v) is 5.91. The number of thiophene rings is 1. The number of carbonyl (C=O) groups is 1. The van der Waals surface area contributed by atoms with Gasteiger partial charge in [-0.1, -0.05) is 22.0 Å². The van der Waals surface area contributed by atoms with E-state index in [1.54, 1.807) is 11.3 Å². The number of benzene rings is 1. The molecular formula is C18H22BrN3OS. The third-order valence-electron chi connectivity index (χ3n) is 4.41. The van der Waals surface area contributed by atoms with Crippen LogP contribution < -0.4 is 5.32 Å². The molecular weight excluding hydrogens is 386 g/mol. The largest absolute Gasteiger partial charge is 0.350 e. The van der Waals surface area contributed by atoms with E-state index in [1.807, 2.05) is 24.3 Å². The molecule has 0 spiro atoms. The van der Waals surface area contributed by atoms with E-state index in [0.29, 0.717) is 12.1 Å². The Bertz CT molecular complexity index is 651. The fraction of sp³-hybridized carbons (Fsp3) is 0.389. The monoisotopic (exact) mass is 407 g/mol. The van der Waals surface area contributed by atoms with Crippen molar-refractivity contribution in [1.29, 1.82) is 0 Å². The fourth-order valence-electron chi connectivity index (χ4n) is 2.92. The molecule has 1 atom stereocenters. The van der Waals surface area contributed by atoms with Crippen LogP contribution in [0.2, 0.25) is 0 Å². The van der Waals surface area contributed by atoms with Crippen LogP contribution in [0.5, 0.6) is 0 Å². The molecule has 3 rings (SSSR count). The maximum atomic E-state index is 12.4. The minimum atomic E-state index is -0.0156. The van der Waals surface area contributed by atoms with Crippen LogP contribution in [0.3, 0.4) is 0 Å². The predicted molar refractivity (Wildman–Crippen MR) is 103 cm³/mol. The van der Waals surface area contributed by atoms with Crippen molar-refractivity contribution < 1.29 is 4.79 Å². The lowest BCUT2D eigenvalue weighted by Gasteiger charge is -2.37. The van der Waals surface area contributed by atoms with Gasteiger partial charge in [0.1, 0.15) is 0 Å². The van der Waals surface area contributed by atoms with E-state index in [0.717, 1.165) is 30.7 Å². The second-order valence-electron chi connectivity index (χ2n) is 6.09. The third kappa shape index (κ3) is 4.45. The summed E-state index contributed by atoms with van der Waals surface area (Å²) in [6.07, 6.45) is 0. The zero-order chi connectivity index (χ0) is 16.9. The maximum absolute atomic E-state index is 12.4. The standard InChI is InChI=1S/C18H22BrN3OS/c1-21-8-10-22(11-9-21)16(17-3-2-12-24-17)13-20-18(23)14-4-6-15(19)7-5-14/h2-7,12,16H,8-11,13H2,1H3,(H,20,23). The Kier molecular flexibility index (Phi) is 6.05. The Morgan fingerprint density at radius 2 is 1.92 bits per heavy atom. The number of hydrogen-bond acceptors (Lipinski definition) is 4. The number of carbonyl (C=O) groups excluding carboxylic acids is 1. The highest BCUT2D eigenvalue weighted by Gasteiger charge is 2.25. The normalized spacial score (nSPS) is 17.6. The van der Waals surface area contributed by atoms with Crippen molar-refractivity contribution in [3.05, 3.63) is 56.7 Å². The lowest BCUT2D eigenvalue weighted by atomic mass is 10.1. The Hall–Kier alpha value is -1.21. The fourth-order valence-corrected chi connectivity index (χ4v) is 4.04. The summed E-state index contributed by atoms with van der Waals surface area (Å²) >= 11 is 5.16. The molecule has 6 heteroatoms. The average molecular weight is 408 g/mol. The molecule has 1 N–H and O–H groups in total. The summed E-state index contributed by atoms with van der Waals surface area (Å²) in [5.41, 5.74) is 0.696. The van der Waals surface area contributed by atoms with Gasteiger partial charge in [0.05, 0.1) is 6.04 Å². The lowest BCUT2D eigenvalue weighted by molar-refractivity contribution is 0.0890. The van der Waals surface area contributed by atoms with Crippen LogP contribution in [0.25, 0.3) is 0 Å². The Balaban J connectivity index is 1.66. The number of piperazine rings is 1. The van der Waals surface area contributed by atoms with Crippen molar-refractivity contribution in [3.8, 4) is 0 Å². The van der Waals surface area contributed by atoms with Crippen molar-refractivity contribution in [2.45, 2.75) is 6.04 Å². The molecule has 0 aliphatic carbocycles. The Labute approximate surface area is 155 Å². The molecule has 1 aliphatic heterocycles. The number of likely N-dealkylation sites (N-methyl/N-ethyl adjacent to an activating group) is 1. The van der Waals surface area contributed by atoms with E-state index < -0.39 is 0 Å². The van der Waals surface area contributed by atoms with Gasteiger partial charge in [0, 0.05) is 47.6 Å². The van der Waals surface area contributed by atoms with Gasteiger partial charge in [0.15, 0.2) is 0 Å². The van der Waals surface area contributed by atoms with Crippen LogP contribution in [0.15, 0.2) is 46.3 Å². The Morgan fingerprint density at radius 3 is 2.54 bits per heavy atom. The van der Waals surface area contributed by atoms with Gasteiger partial charge in [-0.05, 0) is 42.8 Å². The summed E-state index contributed by atoms with van der Waals surface area (Å²) < 4.78 is 0.980. The molecule has 128 valence electrons. The minimum absolute atomic E-state index is 0.0156. The molecule has 1 aliphatic rings. The maximum Gasteiger partial charge on any atom is 0.251 e. The topological polar surface area (TPSA) is 35.6 Å². The lowest BCUT2D eigenvalue weighted by Crippen LogP contribution is -2.48. The number of hydrogen-bond donors (Lipinski definition) is 1. The van der Waals surface area contributed by atoms with Gasteiger partial charge in [0.25, 0.3) is 5.91 Å². The summed E-state index contributed by atoms with van der Waals surface area (Å²) in [6, 6.07) is 12.0. The van der Waals surface area contributed by atoms with Gasteiger partial charge in [-0.3, -0.25) is 9.69 Å². The predicted octanol–water partition coefficient (Wildman–Crippen LogP) is 3.23. The SMILES string of the molecule is CN1CCN(C(CNC(=O)c2ccc(Br)cc2)c2cccs2)CC1. The first-order valence-electron chi connectivity index (χ1n) is 8.13. The van der Waals surface area contributed by atoms with Gasteiger partial charge in [-0.25, -0.2) is 0 Å². The van der Waals surface area contributed by atoms with E-state index in [9.17, 15) is 4.79 Å². The molecule has 1 unspecified atom stereocenters. The van der Waals surface area contributed by atoms with Gasteiger partial charge in [-0.15, -0.1) is 11.3 Å². The van der Waals surface area contributed by atoms with Crippen molar-refractivity contribution in [2.75, 3.05) is 39.8 Å². The van der Waals surface area contributed by atoms with Crippen LogP contribution >= 0.6 is 27.3 Å². The molecule has 0 saturated carbocycles. The number of amides is 1. The van der Waals surface area contributed by atoms with Gasteiger partial charge in [0.2, 0.25) is 0 Å². The summed E-state index contributed by atoms with van der Waals surface area (Å²) in [7, 11) is 2.16. The molecule has 1 fully saturated rings. The molecule has 4 nitrogen and oxygen atoms in total. The molecule has 1 saturated heterocycles. The van der Waals surface area contributed by atoms with Crippen LogP contribution in [0.1, 0.15) is 21.3 Å². The van der Waals surface area contributed by atoms with E-state index >= 15 is 0 Å². The molecule has 2 aromatic rings. The minimum Gasteiger partial charge on any atom is -0.350 e. The number of halogens is 1. The first-order valence-corrected chi connectivity index (χ1v) is 9.80. The van der Waals surface area contributed by atoms with Crippen molar-refractivity contribution in [3.63, 3.8) is 0 Å². The molecule has 1 amide bonds. The number of nitrogens with one attached hydrogen (secondary N) is 1. The Morgan fingerprint density at radius 1 is 1.21 bits per heavy atom. The van der Waals surface area contributed by atoms with Crippen LogP contribution in [-0.4, -0.2) is 55.5 Å². The van der Waals surface area contributed by atoms with E-state index in [4.69, 9.17) is 0 Å². The highest BCUT2D eigenvalue weighted by atomic mass is 79.9. The summed E-state index contributed by atoms with van der Waals surface area (Å²) in [5.74, 6) is -0.0156. The van der Waals surface area contributed by atoms with Gasteiger partial charge >= 0.3 is 0 Å². The zero-order valence-corrected chi connectivity index (χ0v) is 16.1. The zero-order valence-electron chi connectivity index (χ0n) is 13.7. The summed E-state index contributed by atoms with van der Waals surface area (Å²) in [5, 5.41) is 5.22. The first-order chi connectivity index (χ1) is 11.6. The molecule has 24 heavy (non-hydrogen) atoms. The van der Waals surface area contributed by atoms with E-state index in [1.165, 1.54) is 4.88 Å². The van der Waals surface area contributed by atoms with Crippen LogP contribution in [0.4, 0.5) is 0 Å². The smallest absolute Gasteiger partial charge is 0.251 e. The summed E-state index contributed by atoms with van der Waals surface area (Å²) in [6.45, 7) is 4.85. The van der Waals surface area contributed by atoms with Crippen molar-refractivity contribution in [2.24, 2.45) is 0 Å². The highest BCUT2D eigenvalue weighted by Crippen LogP contribution is 2.25. The molecule has 0 bridgehead atoms. The molecule has 0 radical (unpaired) electrons. The summed E-state index contributed by atoms with van der Waals surface area (Å²) in [4.78, 5) is 18.6. The first kappa shape index (κ1) is 17.6. The number of rotatable bonds is 5. The average Bonchev–Trinajstić information content (AvgIpc) is 3.11. The highest BCUT2D eigenvalue weighted by molar-refractivity contribution is 9.10. The van der Waals surface area contributed by atoms with Crippen LogP contribution in [-0.2, 0) is 0 Å². The van der Waals surface area contributed by atoms with E-state index in [-0.39, 0.29) is 11.9 Å². The van der Waals surface area contributed by atoms with Gasteiger partial charge in [-0.2, -0.15) is 0 Å². The van der Waals surface area contributed by atoms with Crippen molar-refractivity contribution in [1.82, 2.24) is 15.1 Å². The van der Waals surface area contributed by atoms with E-state index in [2.05, 4.69) is 55.6 Å². The van der Waals surface area contributed by atoms with Crippen molar-refractivity contribution >= 4 is 33.2 Å². The second-order valence-corrected chi connectivity index (χ2v) is 7.98. The van der Waals surface area contributed by atoms with Crippen LogP contribution in [0, 0.1) is 0 Å².